The maximum absolute atomic E-state index is 13.3. The molecule has 0 bridgehead atoms. The van der Waals surface area contributed by atoms with E-state index >= 15 is 0 Å². The maximum Gasteiger partial charge on any atom is 0.257 e. The zero-order chi connectivity index (χ0) is 20.0. The van der Waals surface area contributed by atoms with Gasteiger partial charge in [0.05, 0.1) is 0 Å². The van der Waals surface area contributed by atoms with Crippen LogP contribution in [0.1, 0.15) is 47.1 Å². The van der Waals surface area contributed by atoms with Gasteiger partial charge in [0, 0.05) is 32.0 Å². The van der Waals surface area contributed by atoms with Gasteiger partial charge in [-0.3, -0.25) is 14.4 Å². The summed E-state index contributed by atoms with van der Waals surface area (Å²) in [5.41, 5.74) is -0.241. The van der Waals surface area contributed by atoms with Crippen LogP contribution >= 0.6 is 0 Å². The van der Waals surface area contributed by atoms with Crippen molar-refractivity contribution in [1.29, 1.82) is 0 Å². The molecular weight excluding hydrogens is 349 g/mol. The molecule has 1 aromatic carbocycles. The number of pyridine rings is 1. The number of nitrogens with zero attached hydrogens (tertiary/aromatic N) is 1. The van der Waals surface area contributed by atoms with Gasteiger partial charge in [0.15, 0.2) is 0 Å². The lowest BCUT2D eigenvalue weighted by Gasteiger charge is -2.14. The molecule has 0 aliphatic carbocycles. The van der Waals surface area contributed by atoms with Crippen molar-refractivity contribution in [2.24, 2.45) is 5.92 Å². The first kappa shape index (κ1) is 20.4. The summed E-state index contributed by atoms with van der Waals surface area (Å²) >= 11 is 0. The summed E-state index contributed by atoms with van der Waals surface area (Å²) in [5.74, 6) is -1.26. The molecule has 144 valence electrons. The van der Waals surface area contributed by atoms with Gasteiger partial charge in [0.2, 0.25) is 5.43 Å². The van der Waals surface area contributed by atoms with Crippen LogP contribution in [0, 0.1) is 11.7 Å². The Morgan fingerprint density at radius 2 is 1.74 bits per heavy atom. The third-order valence-corrected chi connectivity index (χ3v) is 3.82. The smallest absolute Gasteiger partial charge is 0.257 e. The lowest BCUT2D eigenvalue weighted by molar-refractivity contribution is 0.0948. The minimum atomic E-state index is -0.627. The van der Waals surface area contributed by atoms with E-state index in [9.17, 15) is 18.8 Å². The zero-order valence-corrected chi connectivity index (χ0v) is 15.7. The highest BCUT2D eigenvalue weighted by atomic mass is 19.1. The van der Waals surface area contributed by atoms with Crippen LogP contribution < -0.4 is 16.1 Å². The van der Waals surface area contributed by atoms with Crippen LogP contribution in [0.25, 0.3) is 0 Å². The molecule has 0 spiro atoms. The Labute approximate surface area is 157 Å². The van der Waals surface area contributed by atoms with Crippen LogP contribution in [0.2, 0.25) is 0 Å². The lowest BCUT2D eigenvalue weighted by atomic mass is 10.1. The highest BCUT2D eigenvalue weighted by Gasteiger charge is 2.19. The van der Waals surface area contributed by atoms with Crippen LogP contribution in [0.15, 0.2) is 41.5 Å². The molecule has 27 heavy (non-hydrogen) atoms. The standard InChI is InChI=1S/C20H24FN3O3/c1-4-22-19(26)16-11-24(10-13(2)3)12-17(18(16)25)20(27)23-9-14-6-5-7-15(21)8-14/h5-8,11-13H,4,9-10H2,1-3H3,(H,22,26)(H,23,27). The summed E-state index contributed by atoms with van der Waals surface area (Å²) in [7, 11) is 0. The van der Waals surface area contributed by atoms with E-state index in [1.165, 1.54) is 24.5 Å². The number of hydrogen-bond donors (Lipinski definition) is 2. The lowest BCUT2D eigenvalue weighted by Crippen LogP contribution is -2.35. The maximum atomic E-state index is 13.3. The van der Waals surface area contributed by atoms with E-state index in [4.69, 9.17) is 0 Å². The highest BCUT2D eigenvalue weighted by molar-refractivity contribution is 5.99. The number of hydrogen-bond acceptors (Lipinski definition) is 3. The second-order valence-electron chi connectivity index (χ2n) is 6.68. The number of nitrogens with one attached hydrogen (secondary N) is 2. The molecule has 2 rings (SSSR count). The van der Waals surface area contributed by atoms with Crippen molar-refractivity contribution < 1.29 is 14.0 Å². The van der Waals surface area contributed by atoms with E-state index < -0.39 is 23.1 Å². The van der Waals surface area contributed by atoms with Gasteiger partial charge in [-0.25, -0.2) is 4.39 Å². The number of aromatic nitrogens is 1. The van der Waals surface area contributed by atoms with Crippen molar-refractivity contribution in [3.63, 3.8) is 0 Å². The Kier molecular flexibility index (Phi) is 6.87. The molecule has 1 aromatic heterocycles. The molecule has 0 saturated carbocycles. The summed E-state index contributed by atoms with van der Waals surface area (Å²) in [6.45, 7) is 6.74. The summed E-state index contributed by atoms with van der Waals surface area (Å²) < 4.78 is 14.9. The highest BCUT2D eigenvalue weighted by Crippen LogP contribution is 2.06. The summed E-state index contributed by atoms with van der Waals surface area (Å²) in [5, 5.41) is 5.20. The molecule has 0 fully saturated rings. The fraction of sp³-hybridized carbons (Fsp3) is 0.350. The first-order chi connectivity index (χ1) is 12.8. The van der Waals surface area contributed by atoms with Crippen molar-refractivity contribution in [3.05, 3.63) is 69.4 Å². The topological polar surface area (TPSA) is 80.2 Å². The van der Waals surface area contributed by atoms with Crippen LogP contribution in [-0.4, -0.2) is 22.9 Å². The van der Waals surface area contributed by atoms with Gasteiger partial charge in [0.25, 0.3) is 11.8 Å². The minimum Gasteiger partial charge on any atom is -0.352 e. The Bertz CT molecular complexity index is 890. The molecule has 2 N–H and O–H groups in total. The fourth-order valence-electron chi connectivity index (χ4n) is 2.66. The van der Waals surface area contributed by atoms with Crippen LogP contribution in [0.3, 0.4) is 0 Å². The molecule has 0 saturated heterocycles. The molecular formula is C20H24FN3O3. The Morgan fingerprint density at radius 3 is 2.30 bits per heavy atom. The predicted molar refractivity (Wildman–Crippen MR) is 101 cm³/mol. The molecule has 0 atom stereocenters. The Balaban J connectivity index is 2.32. The van der Waals surface area contributed by atoms with Crippen LogP contribution in [0.4, 0.5) is 4.39 Å². The molecule has 1 heterocycles. The van der Waals surface area contributed by atoms with E-state index in [-0.39, 0.29) is 23.6 Å². The minimum absolute atomic E-state index is 0.0732. The molecule has 6 nitrogen and oxygen atoms in total. The van der Waals surface area contributed by atoms with E-state index in [0.29, 0.717) is 18.7 Å². The van der Waals surface area contributed by atoms with Crippen LogP contribution in [-0.2, 0) is 13.1 Å². The van der Waals surface area contributed by atoms with Crippen molar-refractivity contribution in [1.82, 2.24) is 15.2 Å². The summed E-state index contributed by atoms with van der Waals surface area (Å²) in [6, 6.07) is 5.84. The number of benzene rings is 1. The molecule has 0 unspecified atom stereocenters. The van der Waals surface area contributed by atoms with Gasteiger partial charge in [0.1, 0.15) is 16.9 Å². The SMILES string of the molecule is CCNC(=O)c1cn(CC(C)C)cc(C(=O)NCc2cccc(F)c2)c1=O. The predicted octanol–water partition coefficient (Wildman–Crippen LogP) is 2.32. The normalized spacial score (nSPS) is 10.7. The van der Waals surface area contributed by atoms with Crippen molar-refractivity contribution in [2.75, 3.05) is 6.54 Å². The number of carbonyl (C=O) groups is 2. The van der Waals surface area contributed by atoms with Crippen molar-refractivity contribution >= 4 is 11.8 Å². The fourth-order valence-corrected chi connectivity index (χ4v) is 2.66. The Hall–Kier alpha value is -2.96. The van der Waals surface area contributed by atoms with Gasteiger partial charge >= 0.3 is 0 Å². The first-order valence-electron chi connectivity index (χ1n) is 8.86. The first-order valence-corrected chi connectivity index (χ1v) is 8.86. The zero-order valence-electron chi connectivity index (χ0n) is 15.7. The van der Waals surface area contributed by atoms with Crippen molar-refractivity contribution in [2.45, 2.75) is 33.9 Å². The van der Waals surface area contributed by atoms with Gasteiger partial charge in [-0.15, -0.1) is 0 Å². The molecule has 7 heteroatoms. The number of carbonyl (C=O) groups excluding carboxylic acids is 2. The summed E-state index contributed by atoms with van der Waals surface area (Å²) in [4.78, 5) is 37.4. The molecule has 0 aliphatic rings. The third kappa shape index (κ3) is 5.51. The van der Waals surface area contributed by atoms with E-state index in [1.807, 2.05) is 13.8 Å². The number of amides is 2. The van der Waals surface area contributed by atoms with Crippen molar-refractivity contribution in [3.8, 4) is 0 Å². The largest absolute Gasteiger partial charge is 0.352 e. The Morgan fingerprint density at radius 1 is 1.11 bits per heavy atom. The third-order valence-electron chi connectivity index (χ3n) is 3.82. The second-order valence-corrected chi connectivity index (χ2v) is 6.68. The molecule has 0 radical (unpaired) electrons. The summed E-state index contributed by atoms with van der Waals surface area (Å²) in [6.07, 6.45) is 2.92. The van der Waals surface area contributed by atoms with Gasteiger partial charge < -0.3 is 15.2 Å². The molecule has 2 amide bonds. The van der Waals surface area contributed by atoms with Gasteiger partial charge in [-0.1, -0.05) is 26.0 Å². The van der Waals surface area contributed by atoms with E-state index in [1.54, 1.807) is 23.6 Å². The number of halogens is 1. The quantitative estimate of drug-likeness (QED) is 0.782. The average Bonchev–Trinajstić information content (AvgIpc) is 2.60. The number of rotatable bonds is 7. The monoisotopic (exact) mass is 373 g/mol. The average molecular weight is 373 g/mol. The van der Waals surface area contributed by atoms with Crippen LogP contribution in [0.5, 0.6) is 0 Å². The molecule has 0 aliphatic heterocycles. The van der Waals surface area contributed by atoms with Gasteiger partial charge in [-0.2, -0.15) is 0 Å². The van der Waals surface area contributed by atoms with E-state index in [2.05, 4.69) is 10.6 Å². The second kappa shape index (κ2) is 9.12. The van der Waals surface area contributed by atoms with E-state index in [0.717, 1.165) is 0 Å². The molecule has 2 aromatic rings. The van der Waals surface area contributed by atoms with Gasteiger partial charge in [-0.05, 0) is 30.5 Å².